The average molecular weight is 342 g/mol. The number of amides is 1. The number of hydrogen-bond acceptors (Lipinski definition) is 5. The van der Waals surface area contributed by atoms with E-state index in [1.165, 1.54) is 12.0 Å². The molecule has 3 rings (SSSR count). The first-order valence-electron chi connectivity index (χ1n) is 8.52. The first-order valence-corrected chi connectivity index (χ1v) is 8.52. The predicted octanol–water partition coefficient (Wildman–Crippen LogP) is 2.76. The van der Waals surface area contributed by atoms with Crippen molar-refractivity contribution in [1.29, 1.82) is 0 Å². The fourth-order valence-corrected chi connectivity index (χ4v) is 3.15. The molecule has 1 aliphatic carbocycles. The third-order valence-corrected chi connectivity index (χ3v) is 4.62. The summed E-state index contributed by atoms with van der Waals surface area (Å²) in [6, 6.07) is 8.84. The highest BCUT2D eigenvalue weighted by Gasteiger charge is 2.32. The molecule has 25 heavy (non-hydrogen) atoms. The molecule has 1 aromatic heterocycles. The molecule has 0 aliphatic heterocycles. The molecule has 1 heterocycles. The van der Waals surface area contributed by atoms with Gasteiger partial charge in [-0.05, 0) is 31.7 Å². The number of ether oxygens (including phenoxy) is 1. The van der Waals surface area contributed by atoms with Gasteiger partial charge in [0.25, 0.3) is 5.91 Å². The molecule has 2 aromatic rings. The van der Waals surface area contributed by atoms with E-state index in [4.69, 9.17) is 9.26 Å². The van der Waals surface area contributed by atoms with Gasteiger partial charge in [-0.1, -0.05) is 35.5 Å². The Morgan fingerprint density at radius 3 is 2.68 bits per heavy atom. The van der Waals surface area contributed by atoms with E-state index in [9.17, 15) is 9.59 Å². The standard InChI is InChI=1S/C19H22N2O4/c1-13(19(23)24-2)21(12-14-8-4-3-5-9-14)18(22)17-15-10-6-7-11-16(15)25-20-17/h3-5,8-9,13H,6-7,10-12H2,1-2H3/t13-/m0/s1. The molecule has 6 nitrogen and oxygen atoms in total. The SMILES string of the molecule is COC(=O)[C@H](C)N(Cc1ccccc1)C(=O)c1noc2c1CCCC2. The summed E-state index contributed by atoms with van der Waals surface area (Å²) in [5.74, 6) is 0.0373. The summed E-state index contributed by atoms with van der Waals surface area (Å²) >= 11 is 0. The Bertz CT molecular complexity index is 754. The largest absolute Gasteiger partial charge is 0.467 e. The number of hydrogen-bond donors (Lipinski definition) is 0. The van der Waals surface area contributed by atoms with E-state index < -0.39 is 12.0 Å². The van der Waals surface area contributed by atoms with Crippen molar-refractivity contribution in [3.05, 3.63) is 52.9 Å². The quantitative estimate of drug-likeness (QED) is 0.781. The fraction of sp³-hybridized carbons (Fsp3) is 0.421. The zero-order valence-corrected chi connectivity index (χ0v) is 14.5. The van der Waals surface area contributed by atoms with Gasteiger partial charge in [-0.2, -0.15) is 0 Å². The topological polar surface area (TPSA) is 72.6 Å². The molecule has 0 saturated carbocycles. The lowest BCUT2D eigenvalue weighted by molar-refractivity contribution is -0.145. The zero-order chi connectivity index (χ0) is 17.8. The van der Waals surface area contributed by atoms with E-state index in [0.717, 1.165) is 42.6 Å². The van der Waals surface area contributed by atoms with Crippen LogP contribution in [0.15, 0.2) is 34.9 Å². The van der Waals surface area contributed by atoms with Crippen LogP contribution in [0.3, 0.4) is 0 Å². The number of esters is 1. The van der Waals surface area contributed by atoms with Crippen molar-refractivity contribution in [2.45, 2.75) is 45.2 Å². The lowest BCUT2D eigenvalue weighted by atomic mass is 9.96. The molecule has 1 aliphatic rings. The van der Waals surface area contributed by atoms with Crippen molar-refractivity contribution in [2.24, 2.45) is 0 Å². The summed E-state index contributed by atoms with van der Waals surface area (Å²) in [5.41, 5.74) is 2.14. The van der Waals surface area contributed by atoms with Gasteiger partial charge in [0, 0.05) is 18.5 Å². The fourth-order valence-electron chi connectivity index (χ4n) is 3.15. The molecule has 0 spiro atoms. The first-order chi connectivity index (χ1) is 12.1. The number of aryl methyl sites for hydroxylation is 1. The predicted molar refractivity (Wildman–Crippen MR) is 90.9 cm³/mol. The number of benzene rings is 1. The van der Waals surface area contributed by atoms with Gasteiger partial charge in [-0.3, -0.25) is 4.79 Å². The average Bonchev–Trinajstić information content (AvgIpc) is 3.09. The second-order valence-electron chi connectivity index (χ2n) is 6.26. The van der Waals surface area contributed by atoms with Crippen molar-refractivity contribution < 1.29 is 18.8 Å². The van der Waals surface area contributed by atoms with Crippen LogP contribution >= 0.6 is 0 Å². The van der Waals surface area contributed by atoms with Crippen LogP contribution < -0.4 is 0 Å². The van der Waals surface area contributed by atoms with Crippen LogP contribution in [0.25, 0.3) is 0 Å². The maximum absolute atomic E-state index is 13.1. The number of rotatable bonds is 5. The normalized spacial score (nSPS) is 14.5. The van der Waals surface area contributed by atoms with E-state index in [2.05, 4.69) is 5.16 Å². The second-order valence-corrected chi connectivity index (χ2v) is 6.26. The third-order valence-electron chi connectivity index (χ3n) is 4.62. The Kier molecular flexibility index (Phi) is 5.16. The number of carbonyl (C=O) groups is 2. The smallest absolute Gasteiger partial charge is 0.328 e. The maximum Gasteiger partial charge on any atom is 0.328 e. The van der Waals surface area contributed by atoms with Gasteiger partial charge < -0.3 is 14.2 Å². The molecule has 0 unspecified atom stereocenters. The summed E-state index contributed by atoms with van der Waals surface area (Å²) in [6.07, 6.45) is 3.65. The summed E-state index contributed by atoms with van der Waals surface area (Å²) in [5, 5.41) is 4.01. The molecule has 1 aromatic carbocycles. The Balaban J connectivity index is 1.91. The van der Waals surface area contributed by atoms with Crippen molar-refractivity contribution in [2.75, 3.05) is 7.11 Å². The van der Waals surface area contributed by atoms with Crippen LogP contribution in [-0.2, 0) is 28.9 Å². The minimum absolute atomic E-state index is 0.298. The minimum Gasteiger partial charge on any atom is -0.467 e. The van der Waals surface area contributed by atoms with Crippen LogP contribution in [0, 0.1) is 0 Å². The van der Waals surface area contributed by atoms with Gasteiger partial charge in [0.1, 0.15) is 11.8 Å². The van der Waals surface area contributed by atoms with Gasteiger partial charge >= 0.3 is 5.97 Å². The van der Waals surface area contributed by atoms with E-state index >= 15 is 0 Å². The first kappa shape index (κ1) is 17.2. The lowest BCUT2D eigenvalue weighted by Crippen LogP contribution is -2.43. The molecular weight excluding hydrogens is 320 g/mol. The summed E-state index contributed by atoms with van der Waals surface area (Å²) < 4.78 is 10.2. The molecule has 0 N–H and O–H groups in total. The maximum atomic E-state index is 13.1. The van der Waals surface area contributed by atoms with Crippen molar-refractivity contribution in [3.63, 3.8) is 0 Å². The Morgan fingerprint density at radius 2 is 1.96 bits per heavy atom. The molecule has 0 fully saturated rings. The summed E-state index contributed by atoms with van der Waals surface area (Å²) in [6.45, 7) is 1.97. The van der Waals surface area contributed by atoms with Crippen LogP contribution in [0.1, 0.15) is 47.1 Å². The zero-order valence-electron chi connectivity index (χ0n) is 14.5. The van der Waals surface area contributed by atoms with E-state index in [1.54, 1.807) is 6.92 Å². The van der Waals surface area contributed by atoms with Crippen molar-refractivity contribution >= 4 is 11.9 Å². The van der Waals surface area contributed by atoms with Gasteiger partial charge in [0.05, 0.1) is 7.11 Å². The molecule has 1 atom stereocenters. The Labute approximate surface area is 146 Å². The van der Waals surface area contributed by atoms with Gasteiger partial charge in [-0.15, -0.1) is 0 Å². The number of aromatic nitrogens is 1. The van der Waals surface area contributed by atoms with E-state index in [0.29, 0.717) is 12.2 Å². The minimum atomic E-state index is -0.714. The van der Waals surface area contributed by atoms with E-state index in [1.807, 2.05) is 30.3 Å². The van der Waals surface area contributed by atoms with Crippen molar-refractivity contribution in [1.82, 2.24) is 10.1 Å². The summed E-state index contributed by atoms with van der Waals surface area (Å²) in [7, 11) is 1.32. The van der Waals surface area contributed by atoms with Crippen LogP contribution in [-0.4, -0.2) is 35.1 Å². The van der Waals surface area contributed by atoms with Crippen molar-refractivity contribution in [3.8, 4) is 0 Å². The van der Waals surface area contributed by atoms with Gasteiger partial charge in [0.15, 0.2) is 5.69 Å². The highest BCUT2D eigenvalue weighted by molar-refractivity contribution is 5.96. The van der Waals surface area contributed by atoms with Gasteiger partial charge in [-0.25, -0.2) is 4.79 Å². The number of fused-ring (bicyclic) bond motifs is 1. The highest BCUT2D eigenvalue weighted by Crippen LogP contribution is 2.26. The second kappa shape index (κ2) is 7.51. The van der Waals surface area contributed by atoms with Crippen LogP contribution in [0.4, 0.5) is 0 Å². The molecule has 132 valence electrons. The summed E-state index contributed by atoms with van der Waals surface area (Å²) in [4.78, 5) is 26.7. The van der Waals surface area contributed by atoms with E-state index in [-0.39, 0.29) is 5.91 Å². The number of carbonyl (C=O) groups excluding carboxylic acids is 2. The third kappa shape index (κ3) is 3.57. The van der Waals surface area contributed by atoms with Crippen LogP contribution in [0.5, 0.6) is 0 Å². The number of methoxy groups -OCH3 is 1. The highest BCUT2D eigenvalue weighted by atomic mass is 16.5. The molecule has 1 amide bonds. The monoisotopic (exact) mass is 342 g/mol. The molecular formula is C19H22N2O4. The Morgan fingerprint density at radius 1 is 1.24 bits per heavy atom. The molecule has 0 saturated heterocycles. The van der Waals surface area contributed by atoms with Crippen LogP contribution in [0.2, 0.25) is 0 Å². The molecule has 0 bridgehead atoms. The lowest BCUT2D eigenvalue weighted by Gasteiger charge is -2.27. The number of nitrogens with zero attached hydrogens (tertiary/aromatic N) is 2. The Hall–Kier alpha value is -2.63. The van der Waals surface area contributed by atoms with Gasteiger partial charge in [0.2, 0.25) is 0 Å². The molecule has 6 heteroatoms. The molecule has 0 radical (unpaired) electrons.